The summed E-state index contributed by atoms with van der Waals surface area (Å²) in [5.41, 5.74) is 3.65. The summed E-state index contributed by atoms with van der Waals surface area (Å²) >= 11 is 1.60. The zero-order valence-corrected chi connectivity index (χ0v) is 13.0. The molecule has 4 nitrogen and oxygen atoms in total. The molecule has 0 unspecified atom stereocenters. The van der Waals surface area contributed by atoms with Gasteiger partial charge in [-0.2, -0.15) is 5.10 Å². The number of amides is 1. The van der Waals surface area contributed by atoms with Gasteiger partial charge in [-0.3, -0.25) is 9.48 Å². The molecule has 0 fully saturated rings. The Labute approximate surface area is 123 Å². The highest BCUT2D eigenvalue weighted by Crippen LogP contribution is 2.25. The average molecular weight is 289 g/mol. The number of hydrogen-bond donors (Lipinski definition) is 0. The quantitative estimate of drug-likeness (QED) is 0.809. The summed E-state index contributed by atoms with van der Waals surface area (Å²) in [5.74, 6) is 0.155. The van der Waals surface area contributed by atoms with E-state index in [0.717, 1.165) is 24.3 Å². The van der Waals surface area contributed by atoms with Crippen molar-refractivity contribution in [1.29, 1.82) is 0 Å². The van der Waals surface area contributed by atoms with Gasteiger partial charge in [0.1, 0.15) is 0 Å². The van der Waals surface area contributed by atoms with Crippen LogP contribution in [0.3, 0.4) is 0 Å². The predicted octanol–water partition coefficient (Wildman–Crippen LogP) is 2.69. The Morgan fingerprint density at radius 1 is 1.40 bits per heavy atom. The number of carbonyl (C=O) groups is 1. The number of hydrogen-bond acceptors (Lipinski definition) is 3. The first-order valence-electron chi connectivity index (χ1n) is 6.92. The first kappa shape index (κ1) is 13.4. The lowest BCUT2D eigenvalue weighted by molar-refractivity contribution is 0.0750. The molecule has 0 atom stereocenters. The Hall–Kier alpha value is -1.62. The largest absolute Gasteiger partial charge is 0.333 e. The number of nitrogens with zero attached hydrogens (tertiary/aromatic N) is 3. The summed E-state index contributed by atoms with van der Waals surface area (Å²) in [6.45, 7) is 5.63. The van der Waals surface area contributed by atoms with Crippen LogP contribution in [0.15, 0.2) is 12.3 Å². The lowest BCUT2D eigenvalue weighted by atomic mass is 10.2. The molecule has 1 aliphatic heterocycles. The highest BCUT2D eigenvalue weighted by molar-refractivity contribution is 7.14. The van der Waals surface area contributed by atoms with Crippen LogP contribution in [0, 0.1) is 13.8 Å². The molecule has 0 bridgehead atoms. The Morgan fingerprint density at radius 2 is 2.20 bits per heavy atom. The number of aromatic nitrogens is 2. The Morgan fingerprint density at radius 3 is 2.90 bits per heavy atom. The molecular weight excluding hydrogens is 270 g/mol. The van der Waals surface area contributed by atoms with Crippen LogP contribution in [-0.4, -0.2) is 27.1 Å². The monoisotopic (exact) mass is 289 g/mol. The molecule has 0 saturated carbocycles. The normalized spacial score (nSPS) is 15.1. The lowest BCUT2D eigenvalue weighted by Crippen LogP contribution is -2.30. The standard InChI is InChI=1S/C15H19N3OS/c1-10-7-14(20-11(10)2)15(19)18-6-4-5-13-12(9-18)8-16-17(13)3/h7-8H,4-6,9H2,1-3H3. The number of thiophene rings is 1. The van der Waals surface area contributed by atoms with Crippen LogP contribution >= 0.6 is 11.3 Å². The maximum absolute atomic E-state index is 12.6. The van der Waals surface area contributed by atoms with Crippen LogP contribution in [0.2, 0.25) is 0 Å². The van der Waals surface area contributed by atoms with E-state index < -0.39 is 0 Å². The van der Waals surface area contributed by atoms with Gasteiger partial charge in [0.2, 0.25) is 0 Å². The van der Waals surface area contributed by atoms with Crippen molar-refractivity contribution in [1.82, 2.24) is 14.7 Å². The Kier molecular flexibility index (Phi) is 3.38. The SMILES string of the molecule is Cc1cc(C(=O)N2CCCc3c(cnn3C)C2)sc1C. The molecule has 106 valence electrons. The van der Waals surface area contributed by atoms with Crippen molar-refractivity contribution in [2.75, 3.05) is 6.54 Å². The summed E-state index contributed by atoms with van der Waals surface area (Å²) < 4.78 is 1.93. The Bertz CT molecular complexity index is 637. The van der Waals surface area contributed by atoms with E-state index in [1.807, 2.05) is 28.9 Å². The molecule has 5 heteroatoms. The maximum Gasteiger partial charge on any atom is 0.264 e. The van der Waals surface area contributed by atoms with Gasteiger partial charge < -0.3 is 4.90 Å². The fourth-order valence-electron chi connectivity index (χ4n) is 2.69. The summed E-state index contributed by atoms with van der Waals surface area (Å²) in [4.78, 5) is 16.7. The molecular formula is C15H19N3OS. The van der Waals surface area contributed by atoms with Crippen molar-refractivity contribution in [2.45, 2.75) is 33.2 Å². The van der Waals surface area contributed by atoms with E-state index in [4.69, 9.17) is 0 Å². The second kappa shape index (κ2) is 5.05. The Balaban J connectivity index is 1.85. The van der Waals surface area contributed by atoms with Gasteiger partial charge in [-0.25, -0.2) is 0 Å². The molecule has 1 amide bonds. The summed E-state index contributed by atoms with van der Waals surface area (Å²) in [7, 11) is 1.97. The zero-order valence-electron chi connectivity index (χ0n) is 12.1. The van der Waals surface area contributed by atoms with Crippen LogP contribution in [0.4, 0.5) is 0 Å². The highest BCUT2D eigenvalue weighted by atomic mass is 32.1. The van der Waals surface area contributed by atoms with Gasteiger partial charge in [0.05, 0.1) is 11.1 Å². The maximum atomic E-state index is 12.6. The van der Waals surface area contributed by atoms with Gasteiger partial charge in [-0.1, -0.05) is 0 Å². The van der Waals surface area contributed by atoms with Crippen molar-refractivity contribution in [2.24, 2.45) is 7.05 Å². The molecule has 3 heterocycles. The van der Waals surface area contributed by atoms with Gasteiger partial charge in [0, 0.05) is 36.3 Å². The molecule has 0 radical (unpaired) electrons. The van der Waals surface area contributed by atoms with E-state index in [0.29, 0.717) is 6.54 Å². The first-order chi connectivity index (χ1) is 9.56. The fraction of sp³-hybridized carbons (Fsp3) is 0.467. The van der Waals surface area contributed by atoms with Crippen LogP contribution in [0.5, 0.6) is 0 Å². The molecule has 20 heavy (non-hydrogen) atoms. The fourth-order valence-corrected chi connectivity index (χ4v) is 3.69. The average Bonchev–Trinajstić information content (AvgIpc) is 2.85. The molecule has 0 spiro atoms. The third-order valence-electron chi connectivity index (χ3n) is 4.01. The van der Waals surface area contributed by atoms with Gasteiger partial charge in [0.25, 0.3) is 5.91 Å². The van der Waals surface area contributed by atoms with E-state index in [9.17, 15) is 4.79 Å². The molecule has 0 N–H and O–H groups in total. The summed E-state index contributed by atoms with van der Waals surface area (Å²) in [5, 5.41) is 4.31. The van der Waals surface area contributed by atoms with Crippen molar-refractivity contribution in [3.8, 4) is 0 Å². The number of aryl methyl sites for hydroxylation is 3. The number of carbonyl (C=O) groups excluding carboxylic acids is 1. The number of rotatable bonds is 1. The molecule has 0 aliphatic carbocycles. The minimum atomic E-state index is 0.155. The molecule has 2 aromatic heterocycles. The van der Waals surface area contributed by atoms with Crippen molar-refractivity contribution in [3.63, 3.8) is 0 Å². The second-order valence-corrected chi connectivity index (χ2v) is 6.68. The molecule has 0 saturated heterocycles. The van der Waals surface area contributed by atoms with E-state index in [1.54, 1.807) is 11.3 Å². The van der Waals surface area contributed by atoms with Crippen molar-refractivity contribution in [3.05, 3.63) is 38.8 Å². The summed E-state index contributed by atoms with van der Waals surface area (Å²) in [6.07, 6.45) is 3.89. The van der Waals surface area contributed by atoms with Crippen LogP contribution in [-0.2, 0) is 20.0 Å². The third kappa shape index (κ3) is 2.26. The molecule has 2 aromatic rings. The highest BCUT2D eigenvalue weighted by Gasteiger charge is 2.23. The van der Waals surface area contributed by atoms with Crippen molar-refractivity contribution < 1.29 is 4.79 Å². The van der Waals surface area contributed by atoms with Crippen LogP contribution < -0.4 is 0 Å². The van der Waals surface area contributed by atoms with Gasteiger partial charge in [0.15, 0.2) is 0 Å². The predicted molar refractivity (Wildman–Crippen MR) is 80.1 cm³/mol. The van der Waals surface area contributed by atoms with Crippen LogP contribution in [0.1, 0.15) is 37.8 Å². The smallest absolute Gasteiger partial charge is 0.264 e. The molecule has 3 rings (SSSR count). The van der Waals surface area contributed by atoms with Gasteiger partial charge in [-0.05, 0) is 38.3 Å². The molecule has 0 aromatic carbocycles. The van der Waals surface area contributed by atoms with E-state index in [1.165, 1.54) is 21.7 Å². The van der Waals surface area contributed by atoms with Crippen LogP contribution in [0.25, 0.3) is 0 Å². The van der Waals surface area contributed by atoms with E-state index in [2.05, 4.69) is 18.9 Å². The van der Waals surface area contributed by atoms with E-state index >= 15 is 0 Å². The van der Waals surface area contributed by atoms with Crippen molar-refractivity contribution >= 4 is 17.2 Å². The second-order valence-electron chi connectivity index (χ2n) is 5.42. The minimum Gasteiger partial charge on any atom is -0.333 e. The minimum absolute atomic E-state index is 0.155. The topological polar surface area (TPSA) is 38.1 Å². The zero-order chi connectivity index (χ0) is 14.3. The van der Waals surface area contributed by atoms with Gasteiger partial charge >= 0.3 is 0 Å². The third-order valence-corrected chi connectivity index (χ3v) is 5.16. The summed E-state index contributed by atoms with van der Waals surface area (Å²) in [6, 6.07) is 2.01. The molecule has 1 aliphatic rings. The lowest BCUT2D eigenvalue weighted by Gasteiger charge is -2.19. The first-order valence-corrected chi connectivity index (χ1v) is 7.74. The number of fused-ring (bicyclic) bond motifs is 1. The van der Waals surface area contributed by atoms with Gasteiger partial charge in [-0.15, -0.1) is 11.3 Å². The van der Waals surface area contributed by atoms with E-state index in [-0.39, 0.29) is 5.91 Å².